The summed E-state index contributed by atoms with van der Waals surface area (Å²) in [7, 11) is 0. The van der Waals surface area contributed by atoms with E-state index in [9.17, 15) is 0 Å². The van der Waals surface area contributed by atoms with Gasteiger partial charge in [-0.05, 0) is 29.8 Å². The molecule has 0 fully saturated rings. The van der Waals surface area contributed by atoms with Gasteiger partial charge in [-0.3, -0.25) is 5.41 Å². The molecule has 0 bridgehead atoms. The number of nitrogens with two attached hydrogens (primary N) is 1. The Labute approximate surface area is 113 Å². The average Bonchev–Trinajstić information content (AvgIpc) is 2.38. The van der Waals surface area contributed by atoms with Gasteiger partial charge in [-0.25, -0.2) is 4.98 Å². The molecule has 0 spiro atoms. The fourth-order valence-corrected chi connectivity index (χ4v) is 1.64. The van der Waals surface area contributed by atoms with Crippen molar-refractivity contribution < 1.29 is 4.74 Å². The Morgan fingerprint density at radius 3 is 2.50 bits per heavy atom. The molecule has 0 amide bonds. The minimum absolute atomic E-state index is 0.0468. The van der Waals surface area contributed by atoms with Crippen LogP contribution in [0.3, 0.4) is 0 Å². The fraction of sp³-hybridized carbons (Fsp3) is 0.0769. The van der Waals surface area contributed by atoms with E-state index in [0.29, 0.717) is 18.1 Å². The maximum absolute atomic E-state index is 7.23. The number of nitrogen functional groups attached to an aromatic ring is 1. The summed E-state index contributed by atoms with van der Waals surface area (Å²) in [5, 5.41) is 7.23. The van der Waals surface area contributed by atoms with E-state index in [-0.39, 0.29) is 5.84 Å². The number of benzene rings is 1. The molecule has 2 aromatic rings. The third kappa shape index (κ3) is 3.30. The van der Waals surface area contributed by atoms with E-state index in [1.165, 1.54) is 0 Å². The summed E-state index contributed by atoms with van der Waals surface area (Å²) in [5.74, 6) is 0.609. The van der Waals surface area contributed by atoms with Crippen LogP contribution in [-0.4, -0.2) is 10.8 Å². The number of ether oxygens (including phenoxy) is 1. The van der Waals surface area contributed by atoms with E-state index >= 15 is 0 Å². The van der Waals surface area contributed by atoms with Crippen LogP contribution >= 0.6 is 15.9 Å². The van der Waals surface area contributed by atoms with Gasteiger partial charge in [0, 0.05) is 4.47 Å². The van der Waals surface area contributed by atoms with Gasteiger partial charge in [0.2, 0.25) is 0 Å². The molecule has 2 rings (SSSR count). The molecule has 5 heteroatoms. The molecule has 92 valence electrons. The number of hydrogen-bond donors (Lipinski definition) is 2. The lowest BCUT2D eigenvalue weighted by Crippen LogP contribution is -2.12. The van der Waals surface area contributed by atoms with Gasteiger partial charge in [0.15, 0.2) is 0 Å². The van der Waals surface area contributed by atoms with Gasteiger partial charge in [0.05, 0.1) is 6.20 Å². The number of aromatic nitrogens is 1. The van der Waals surface area contributed by atoms with E-state index < -0.39 is 0 Å². The van der Waals surface area contributed by atoms with Crippen LogP contribution in [-0.2, 0) is 6.61 Å². The molecule has 0 saturated heterocycles. The monoisotopic (exact) mass is 305 g/mol. The zero-order valence-electron chi connectivity index (χ0n) is 9.56. The first-order chi connectivity index (χ1) is 8.65. The SMILES string of the molecule is N=C(N)c1ccc(OCc2ccc(Br)cc2)cn1. The van der Waals surface area contributed by atoms with Gasteiger partial charge in [-0.2, -0.15) is 0 Å². The van der Waals surface area contributed by atoms with Crippen molar-refractivity contribution in [3.8, 4) is 5.75 Å². The molecule has 1 aromatic carbocycles. The molecule has 0 saturated carbocycles. The molecule has 0 aliphatic carbocycles. The number of rotatable bonds is 4. The Kier molecular flexibility index (Phi) is 3.94. The first-order valence-corrected chi connectivity index (χ1v) is 6.12. The number of nitrogens with zero attached hydrogens (tertiary/aromatic N) is 1. The molecule has 0 aliphatic heterocycles. The van der Waals surface area contributed by atoms with Gasteiger partial charge in [-0.1, -0.05) is 28.1 Å². The molecule has 18 heavy (non-hydrogen) atoms. The molecule has 1 aromatic heterocycles. The molecule has 0 aliphatic rings. The van der Waals surface area contributed by atoms with Crippen LogP contribution in [0.2, 0.25) is 0 Å². The van der Waals surface area contributed by atoms with E-state index in [1.54, 1.807) is 18.3 Å². The number of pyridine rings is 1. The summed E-state index contributed by atoms with van der Waals surface area (Å²) < 4.78 is 6.62. The molecule has 0 radical (unpaired) electrons. The molecule has 4 nitrogen and oxygen atoms in total. The summed E-state index contributed by atoms with van der Waals surface area (Å²) in [6.07, 6.45) is 1.57. The van der Waals surface area contributed by atoms with E-state index in [1.807, 2.05) is 24.3 Å². The number of hydrogen-bond acceptors (Lipinski definition) is 3. The molecule has 0 atom stereocenters. The van der Waals surface area contributed by atoms with Gasteiger partial charge >= 0.3 is 0 Å². The van der Waals surface area contributed by atoms with Gasteiger partial charge in [-0.15, -0.1) is 0 Å². The third-order valence-electron chi connectivity index (χ3n) is 2.33. The molecule has 3 N–H and O–H groups in total. The van der Waals surface area contributed by atoms with Crippen molar-refractivity contribution in [2.24, 2.45) is 5.73 Å². The second kappa shape index (κ2) is 5.64. The Bertz CT molecular complexity index is 537. The zero-order valence-corrected chi connectivity index (χ0v) is 11.1. The second-order valence-electron chi connectivity index (χ2n) is 3.71. The minimum atomic E-state index is -0.0468. The highest BCUT2D eigenvalue weighted by Gasteiger charge is 2.00. The predicted octanol–water partition coefficient (Wildman–Crippen LogP) is 2.71. The van der Waals surface area contributed by atoms with Crippen LogP contribution in [0.5, 0.6) is 5.75 Å². The highest BCUT2D eigenvalue weighted by molar-refractivity contribution is 9.10. The van der Waals surface area contributed by atoms with Gasteiger partial charge < -0.3 is 10.5 Å². The standard InChI is InChI=1S/C13H12BrN3O/c14-10-3-1-9(2-4-10)8-18-11-5-6-12(13(15)16)17-7-11/h1-7H,8H2,(H3,15,16). The highest BCUT2D eigenvalue weighted by atomic mass is 79.9. The normalized spacial score (nSPS) is 10.1. The zero-order chi connectivity index (χ0) is 13.0. The van der Waals surface area contributed by atoms with Crippen molar-refractivity contribution >= 4 is 21.8 Å². The Morgan fingerprint density at radius 2 is 1.94 bits per heavy atom. The van der Waals surface area contributed by atoms with Crippen molar-refractivity contribution in [3.05, 3.63) is 58.3 Å². The summed E-state index contributed by atoms with van der Waals surface area (Å²) in [6, 6.07) is 11.3. The molecule has 1 heterocycles. The second-order valence-corrected chi connectivity index (χ2v) is 4.62. The van der Waals surface area contributed by atoms with Gasteiger partial charge in [0.1, 0.15) is 23.9 Å². The minimum Gasteiger partial charge on any atom is -0.487 e. The van der Waals surface area contributed by atoms with Crippen LogP contribution in [0.25, 0.3) is 0 Å². The van der Waals surface area contributed by atoms with Crippen molar-refractivity contribution in [1.82, 2.24) is 4.98 Å². The highest BCUT2D eigenvalue weighted by Crippen LogP contribution is 2.14. The molecular formula is C13H12BrN3O. The smallest absolute Gasteiger partial charge is 0.141 e. The predicted molar refractivity (Wildman–Crippen MR) is 73.7 cm³/mol. The summed E-state index contributed by atoms with van der Waals surface area (Å²) in [6.45, 7) is 0.481. The number of amidine groups is 1. The van der Waals surface area contributed by atoms with Crippen molar-refractivity contribution in [3.63, 3.8) is 0 Å². The Hall–Kier alpha value is -1.88. The molecular weight excluding hydrogens is 294 g/mol. The number of nitrogens with one attached hydrogen (secondary N) is 1. The van der Waals surface area contributed by atoms with Crippen molar-refractivity contribution in [1.29, 1.82) is 5.41 Å². The lowest BCUT2D eigenvalue weighted by Gasteiger charge is -2.06. The van der Waals surface area contributed by atoms with Crippen molar-refractivity contribution in [2.75, 3.05) is 0 Å². The lowest BCUT2D eigenvalue weighted by molar-refractivity contribution is 0.305. The quantitative estimate of drug-likeness (QED) is 0.674. The first kappa shape index (κ1) is 12.6. The summed E-state index contributed by atoms with van der Waals surface area (Å²) >= 11 is 3.38. The van der Waals surface area contributed by atoms with Crippen LogP contribution in [0.15, 0.2) is 47.1 Å². The van der Waals surface area contributed by atoms with Crippen LogP contribution < -0.4 is 10.5 Å². The average molecular weight is 306 g/mol. The van der Waals surface area contributed by atoms with Crippen LogP contribution in [0.1, 0.15) is 11.3 Å². The number of halogens is 1. The fourth-order valence-electron chi connectivity index (χ4n) is 1.37. The maximum atomic E-state index is 7.23. The van der Waals surface area contributed by atoms with E-state index in [2.05, 4.69) is 20.9 Å². The third-order valence-corrected chi connectivity index (χ3v) is 2.86. The van der Waals surface area contributed by atoms with Crippen molar-refractivity contribution in [2.45, 2.75) is 6.61 Å². The van der Waals surface area contributed by atoms with Crippen LogP contribution in [0, 0.1) is 5.41 Å². The first-order valence-electron chi connectivity index (χ1n) is 5.33. The molecule has 0 unspecified atom stereocenters. The lowest BCUT2D eigenvalue weighted by atomic mass is 10.2. The van der Waals surface area contributed by atoms with E-state index in [0.717, 1.165) is 10.0 Å². The van der Waals surface area contributed by atoms with Crippen LogP contribution in [0.4, 0.5) is 0 Å². The largest absolute Gasteiger partial charge is 0.487 e. The van der Waals surface area contributed by atoms with E-state index in [4.69, 9.17) is 15.9 Å². The maximum Gasteiger partial charge on any atom is 0.141 e. The summed E-state index contributed by atoms with van der Waals surface area (Å²) in [4.78, 5) is 4.02. The topological polar surface area (TPSA) is 72.0 Å². The Balaban J connectivity index is 1.97. The Morgan fingerprint density at radius 1 is 1.22 bits per heavy atom. The van der Waals surface area contributed by atoms with Gasteiger partial charge in [0.25, 0.3) is 0 Å². The summed E-state index contributed by atoms with van der Waals surface area (Å²) in [5.41, 5.74) is 6.85.